The van der Waals surface area contributed by atoms with Crippen molar-refractivity contribution in [3.05, 3.63) is 34.7 Å². The van der Waals surface area contributed by atoms with Gasteiger partial charge >= 0.3 is 0 Å². The Labute approximate surface area is 120 Å². The predicted molar refractivity (Wildman–Crippen MR) is 71.3 cm³/mol. The molecular weight excluding hydrogens is 288 g/mol. The average Bonchev–Trinajstić information content (AvgIpc) is 2.79. The van der Waals surface area contributed by atoms with E-state index in [4.69, 9.17) is 16.0 Å². The molecule has 1 aromatic heterocycles. The van der Waals surface area contributed by atoms with Crippen molar-refractivity contribution in [1.82, 2.24) is 15.5 Å². The molecule has 0 radical (unpaired) electrons. The Morgan fingerprint density at radius 3 is 2.55 bits per heavy atom. The summed E-state index contributed by atoms with van der Waals surface area (Å²) in [6, 6.07) is 1.82. The lowest BCUT2D eigenvalue weighted by Crippen LogP contribution is -2.35. The van der Waals surface area contributed by atoms with E-state index in [2.05, 4.69) is 15.5 Å². The van der Waals surface area contributed by atoms with Crippen LogP contribution in [0.1, 0.15) is 26.7 Å². The highest BCUT2D eigenvalue weighted by Crippen LogP contribution is 2.26. The lowest BCUT2D eigenvalue weighted by Gasteiger charge is -2.18. The summed E-state index contributed by atoms with van der Waals surface area (Å²) in [5.41, 5.74) is -0.229. The molecule has 0 saturated heterocycles. The zero-order valence-electron chi connectivity index (χ0n) is 11.3. The molecule has 0 fully saturated rings. The van der Waals surface area contributed by atoms with Crippen LogP contribution in [0.25, 0.3) is 11.5 Å². The Hall–Kier alpha value is -1.53. The van der Waals surface area contributed by atoms with Crippen molar-refractivity contribution < 1.29 is 13.2 Å². The molecule has 2 rings (SSSR count). The van der Waals surface area contributed by atoms with Crippen LogP contribution in [0.4, 0.5) is 8.78 Å². The number of halogens is 3. The van der Waals surface area contributed by atoms with E-state index >= 15 is 0 Å². The van der Waals surface area contributed by atoms with E-state index in [1.54, 1.807) is 0 Å². The Morgan fingerprint density at radius 2 is 1.90 bits per heavy atom. The summed E-state index contributed by atoms with van der Waals surface area (Å²) in [5.74, 6) is -1.24. The third-order valence-corrected chi connectivity index (χ3v) is 2.77. The van der Waals surface area contributed by atoms with Crippen LogP contribution in [0.2, 0.25) is 5.02 Å². The molecule has 4 nitrogen and oxygen atoms in total. The van der Waals surface area contributed by atoms with E-state index in [0.29, 0.717) is 12.4 Å². The molecule has 2 aromatic rings. The van der Waals surface area contributed by atoms with Crippen LogP contribution in [0.3, 0.4) is 0 Å². The van der Waals surface area contributed by atoms with E-state index in [0.717, 1.165) is 12.1 Å². The van der Waals surface area contributed by atoms with Crippen LogP contribution in [-0.4, -0.2) is 15.7 Å². The van der Waals surface area contributed by atoms with Crippen molar-refractivity contribution >= 4 is 11.6 Å². The van der Waals surface area contributed by atoms with Gasteiger partial charge in [-0.15, -0.1) is 10.2 Å². The van der Waals surface area contributed by atoms with Crippen molar-refractivity contribution in [3.63, 3.8) is 0 Å². The number of nitrogens with zero attached hydrogens (tertiary/aromatic N) is 2. The fraction of sp³-hybridized carbons (Fsp3) is 0.385. The topological polar surface area (TPSA) is 51.0 Å². The first-order valence-electron chi connectivity index (χ1n) is 5.98. The second-order valence-electron chi connectivity index (χ2n) is 5.35. The largest absolute Gasteiger partial charge is 0.419 e. The number of rotatable bonds is 3. The van der Waals surface area contributed by atoms with Gasteiger partial charge in [-0.3, -0.25) is 0 Å². The summed E-state index contributed by atoms with van der Waals surface area (Å²) in [5, 5.41) is 10.4. The molecule has 0 aliphatic carbocycles. The van der Waals surface area contributed by atoms with Crippen molar-refractivity contribution in [1.29, 1.82) is 0 Å². The van der Waals surface area contributed by atoms with E-state index < -0.39 is 11.6 Å². The van der Waals surface area contributed by atoms with Crippen LogP contribution >= 0.6 is 11.6 Å². The first kappa shape index (κ1) is 14.9. The Morgan fingerprint density at radius 1 is 1.20 bits per heavy atom. The lowest BCUT2D eigenvalue weighted by molar-refractivity contribution is 0.383. The van der Waals surface area contributed by atoms with E-state index in [1.807, 2.05) is 20.8 Å². The maximum atomic E-state index is 13.7. The second-order valence-corrected chi connectivity index (χ2v) is 5.76. The first-order chi connectivity index (χ1) is 9.26. The number of benzene rings is 1. The third kappa shape index (κ3) is 3.52. The molecule has 1 aromatic carbocycles. The molecular formula is C13H14ClF2N3O. The minimum absolute atomic E-state index is 0.0798. The summed E-state index contributed by atoms with van der Waals surface area (Å²) < 4.78 is 32.4. The standard InChI is InChI=1S/C13H14ClF2N3O/c1-13(2,3)17-6-11-18-19-12(20-11)7-4-10(16)8(14)5-9(7)15/h4-5,17H,6H2,1-3H3. The third-order valence-electron chi connectivity index (χ3n) is 2.48. The van der Waals surface area contributed by atoms with Crippen molar-refractivity contribution in [2.75, 3.05) is 0 Å². The molecule has 0 saturated carbocycles. The highest BCUT2D eigenvalue weighted by Gasteiger charge is 2.17. The van der Waals surface area contributed by atoms with Gasteiger partial charge in [-0.1, -0.05) is 11.6 Å². The Kier molecular flexibility index (Phi) is 4.06. The average molecular weight is 302 g/mol. The van der Waals surface area contributed by atoms with Gasteiger partial charge in [0.1, 0.15) is 11.6 Å². The molecule has 0 spiro atoms. The van der Waals surface area contributed by atoms with Crippen molar-refractivity contribution in [3.8, 4) is 11.5 Å². The molecule has 7 heteroatoms. The summed E-state index contributed by atoms with van der Waals surface area (Å²) in [7, 11) is 0. The number of hydrogen-bond acceptors (Lipinski definition) is 4. The maximum absolute atomic E-state index is 13.7. The normalized spacial score (nSPS) is 11.9. The highest BCUT2D eigenvalue weighted by molar-refractivity contribution is 6.30. The molecule has 108 valence electrons. The van der Waals surface area contributed by atoms with Gasteiger partial charge in [-0.05, 0) is 32.9 Å². The summed E-state index contributed by atoms with van der Waals surface area (Å²) >= 11 is 5.49. The first-order valence-corrected chi connectivity index (χ1v) is 6.36. The molecule has 0 atom stereocenters. The fourth-order valence-electron chi connectivity index (χ4n) is 1.46. The van der Waals surface area contributed by atoms with E-state index in [9.17, 15) is 8.78 Å². The molecule has 0 aliphatic rings. The van der Waals surface area contributed by atoms with Crippen molar-refractivity contribution in [2.24, 2.45) is 0 Å². The predicted octanol–water partition coefficient (Wildman–Crippen LogP) is 3.56. The van der Waals surface area contributed by atoms with Gasteiger partial charge in [0, 0.05) is 5.54 Å². The van der Waals surface area contributed by atoms with Gasteiger partial charge in [0.2, 0.25) is 5.89 Å². The van der Waals surface area contributed by atoms with Crippen LogP contribution in [0.5, 0.6) is 0 Å². The fourth-order valence-corrected chi connectivity index (χ4v) is 1.61. The molecule has 0 bridgehead atoms. The van der Waals surface area contributed by atoms with Gasteiger partial charge < -0.3 is 9.73 Å². The molecule has 1 N–H and O–H groups in total. The van der Waals surface area contributed by atoms with Gasteiger partial charge in [0.05, 0.1) is 17.1 Å². The van der Waals surface area contributed by atoms with Gasteiger partial charge in [0.15, 0.2) is 0 Å². The Bertz CT molecular complexity index is 623. The van der Waals surface area contributed by atoms with Gasteiger partial charge in [-0.25, -0.2) is 8.78 Å². The summed E-state index contributed by atoms with van der Waals surface area (Å²) in [6.07, 6.45) is 0. The molecule has 0 amide bonds. The maximum Gasteiger partial charge on any atom is 0.250 e. The lowest BCUT2D eigenvalue weighted by atomic mass is 10.1. The number of aromatic nitrogens is 2. The monoisotopic (exact) mass is 301 g/mol. The van der Waals surface area contributed by atoms with E-state index in [1.165, 1.54) is 0 Å². The molecule has 1 heterocycles. The second kappa shape index (κ2) is 5.46. The van der Waals surface area contributed by atoms with Gasteiger partial charge in [-0.2, -0.15) is 0 Å². The SMILES string of the molecule is CC(C)(C)NCc1nnc(-c2cc(F)c(Cl)cc2F)o1. The highest BCUT2D eigenvalue weighted by atomic mass is 35.5. The Balaban J connectivity index is 2.23. The van der Waals surface area contributed by atoms with Gasteiger partial charge in [0.25, 0.3) is 5.89 Å². The van der Waals surface area contributed by atoms with Crippen molar-refractivity contribution in [2.45, 2.75) is 32.9 Å². The molecule has 0 unspecified atom stereocenters. The molecule has 0 aliphatic heterocycles. The van der Waals surface area contributed by atoms with E-state index in [-0.39, 0.29) is 22.0 Å². The van der Waals surface area contributed by atoms with Crippen LogP contribution in [0, 0.1) is 11.6 Å². The number of hydrogen-bond donors (Lipinski definition) is 1. The quantitative estimate of drug-likeness (QED) is 0.881. The summed E-state index contributed by atoms with van der Waals surface area (Å²) in [6.45, 7) is 6.30. The zero-order chi connectivity index (χ0) is 14.9. The van der Waals surface area contributed by atoms with Crippen LogP contribution < -0.4 is 5.32 Å². The summed E-state index contributed by atoms with van der Waals surface area (Å²) in [4.78, 5) is 0. The van der Waals surface area contributed by atoms with Crippen LogP contribution in [0.15, 0.2) is 16.5 Å². The smallest absolute Gasteiger partial charge is 0.250 e. The minimum atomic E-state index is -0.740. The molecule has 20 heavy (non-hydrogen) atoms. The zero-order valence-corrected chi connectivity index (χ0v) is 12.1. The number of nitrogens with one attached hydrogen (secondary N) is 1. The van der Waals surface area contributed by atoms with Crippen LogP contribution in [-0.2, 0) is 6.54 Å². The minimum Gasteiger partial charge on any atom is -0.419 e.